The summed E-state index contributed by atoms with van der Waals surface area (Å²) in [6, 6.07) is 0. The molecule has 0 saturated carbocycles. The number of aromatic hydroxyl groups is 1. The van der Waals surface area contributed by atoms with Crippen LogP contribution in [0.4, 0.5) is 0 Å². The summed E-state index contributed by atoms with van der Waals surface area (Å²) >= 11 is 6.21. The Balaban J connectivity index is 3.16. The predicted molar refractivity (Wildman–Crippen MR) is 40.5 cm³/mol. The fourth-order valence-corrected chi connectivity index (χ4v) is 1.65. The fraction of sp³-hybridized carbons (Fsp3) is 0.400. The summed E-state index contributed by atoms with van der Waals surface area (Å²) in [7, 11) is 0. The van der Waals surface area contributed by atoms with Gasteiger partial charge in [0.05, 0.1) is 4.88 Å². The standard InChI is InChI=1S/C5H7NOS2/c1-2-3-4(7)6-5(8)9-3/h7H,2H2,1H3,(H,6,8). The second-order valence-electron chi connectivity index (χ2n) is 1.64. The molecule has 0 aliphatic heterocycles. The number of hydrogen-bond acceptors (Lipinski definition) is 3. The van der Waals surface area contributed by atoms with E-state index in [9.17, 15) is 0 Å². The zero-order valence-electron chi connectivity index (χ0n) is 4.97. The molecule has 1 rings (SSSR count). The van der Waals surface area contributed by atoms with Crippen LogP contribution in [0.15, 0.2) is 0 Å². The van der Waals surface area contributed by atoms with E-state index in [-0.39, 0.29) is 5.88 Å². The number of aryl methyl sites for hydroxylation is 1. The SMILES string of the molecule is CCc1sc(=S)[nH]c1O. The van der Waals surface area contributed by atoms with Crippen LogP contribution in [0.3, 0.4) is 0 Å². The van der Waals surface area contributed by atoms with E-state index in [1.807, 2.05) is 6.92 Å². The number of thiazole rings is 1. The van der Waals surface area contributed by atoms with E-state index < -0.39 is 0 Å². The van der Waals surface area contributed by atoms with Crippen molar-refractivity contribution < 1.29 is 5.11 Å². The largest absolute Gasteiger partial charge is 0.494 e. The third-order valence-corrected chi connectivity index (χ3v) is 2.39. The maximum Gasteiger partial charge on any atom is 0.203 e. The highest BCUT2D eigenvalue weighted by atomic mass is 32.1. The highest BCUT2D eigenvalue weighted by Crippen LogP contribution is 2.20. The number of hydrogen-bond donors (Lipinski definition) is 2. The molecule has 0 spiro atoms. The summed E-state index contributed by atoms with van der Waals surface area (Å²) in [6.45, 7) is 1.98. The van der Waals surface area contributed by atoms with Gasteiger partial charge in [-0.15, -0.1) is 11.3 Å². The zero-order chi connectivity index (χ0) is 6.85. The molecule has 0 radical (unpaired) electrons. The smallest absolute Gasteiger partial charge is 0.203 e. The zero-order valence-corrected chi connectivity index (χ0v) is 6.60. The lowest BCUT2D eigenvalue weighted by atomic mass is 10.4. The van der Waals surface area contributed by atoms with Gasteiger partial charge in [0.25, 0.3) is 0 Å². The van der Waals surface area contributed by atoms with Gasteiger partial charge in [-0.3, -0.25) is 0 Å². The number of rotatable bonds is 1. The molecule has 50 valence electrons. The van der Waals surface area contributed by atoms with E-state index in [1.165, 1.54) is 11.3 Å². The second kappa shape index (κ2) is 2.49. The Labute approximate surface area is 62.2 Å². The van der Waals surface area contributed by atoms with Crippen LogP contribution in [-0.4, -0.2) is 10.1 Å². The predicted octanol–water partition coefficient (Wildman–Crippen LogP) is 2.07. The average Bonchev–Trinajstić information content (AvgIpc) is 2.10. The number of H-pyrrole nitrogens is 1. The molecular formula is C5H7NOS2. The molecule has 9 heavy (non-hydrogen) atoms. The van der Waals surface area contributed by atoms with Gasteiger partial charge in [0.1, 0.15) is 0 Å². The summed E-state index contributed by atoms with van der Waals surface area (Å²) in [5.41, 5.74) is 0. The maximum atomic E-state index is 9.02. The van der Waals surface area contributed by atoms with E-state index in [2.05, 4.69) is 4.98 Å². The van der Waals surface area contributed by atoms with Crippen LogP contribution >= 0.6 is 23.6 Å². The Hall–Kier alpha value is -0.350. The maximum absolute atomic E-state index is 9.02. The Morgan fingerprint density at radius 2 is 2.44 bits per heavy atom. The molecule has 0 aliphatic rings. The first-order chi connectivity index (χ1) is 4.24. The summed E-state index contributed by atoms with van der Waals surface area (Å²) in [5.74, 6) is 0.229. The van der Waals surface area contributed by atoms with Crippen LogP contribution in [0.5, 0.6) is 5.88 Å². The molecule has 0 fully saturated rings. The van der Waals surface area contributed by atoms with Gasteiger partial charge >= 0.3 is 0 Å². The number of aromatic nitrogens is 1. The van der Waals surface area contributed by atoms with Crippen LogP contribution in [0, 0.1) is 3.95 Å². The first-order valence-electron chi connectivity index (χ1n) is 2.65. The quantitative estimate of drug-likeness (QED) is 0.618. The van der Waals surface area contributed by atoms with Crippen LogP contribution < -0.4 is 0 Å². The molecule has 2 nitrogen and oxygen atoms in total. The van der Waals surface area contributed by atoms with E-state index in [0.717, 1.165) is 11.3 Å². The topological polar surface area (TPSA) is 36.0 Å². The van der Waals surface area contributed by atoms with Gasteiger partial charge in [0, 0.05) is 0 Å². The van der Waals surface area contributed by atoms with Crippen molar-refractivity contribution in [3.8, 4) is 5.88 Å². The number of aromatic amines is 1. The van der Waals surface area contributed by atoms with Crippen LogP contribution in [0.1, 0.15) is 11.8 Å². The van der Waals surface area contributed by atoms with Gasteiger partial charge in [-0.2, -0.15) is 0 Å². The van der Waals surface area contributed by atoms with Crippen molar-refractivity contribution in [3.63, 3.8) is 0 Å². The summed E-state index contributed by atoms with van der Waals surface area (Å²) in [6.07, 6.45) is 0.837. The normalized spacial score (nSPS) is 9.89. The molecule has 0 amide bonds. The molecule has 2 N–H and O–H groups in total. The molecule has 0 unspecified atom stereocenters. The van der Waals surface area contributed by atoms with Crippen molar-refractivity contribution in [1.29, 1.82) is 0 Å². The molecule has 1 aromatic heterocycles. The molecule has 0 saturated heterocycles. The van der Waals surface area contributed by atoms with Crippen molar-refractivity contribution in [2.45, 2.75) is 13.3 Å². The molecule has 1 aromatic rings. The number of nitrogens with one attached hydrogen (secondary N) is 1. The van der Waals surface area contributed by atoms with Gasteiger partial charge < -0.3 is 10.1 Å². The second-order valence-corrected chi connectivity index (χ2v) is 3.41. The minimum absolute atomic E-state index is 0.229. The first-order valence-corrected chi connectivity index (χ1v) is 3.87. The van der Waals surface area contributed by atoms with Crippen LogP contribution in [0.2, 0.25) is 0 Å². The molecule has 0 atom stereocenters. The summed E-state index contributed by atoms with van der Waals surface area (Å²) in [4.78, 5) is 3.58. The van der Waals surface area contributed by atoms with Crippen molar-refractivity contribution in [1.82, 2.24) is 4.98 Å². The van der Waals surface area contributed by atoms with Gasteiger partial charge in [0.2, 0.25) is 5.88 Å². The van der Waals surface area contributed by atoms with Gasteiger partial charge in [-0.05, 0) is 18.6 Å². The Morgan fingerprint density at radius 3 is 2.67 bits per heavy atom. The summed E-state index contributed by atoms with van der Waals surface area (Å²) < 4.78 is 0.643. The highest BCUT2D eigenvalue weighted by Gasteiger charge is 1.99. The molecule has 1 heterocycles. The Bertz CT molecular complexity index is 250. The lowest BCUT2D eigenvalue weighted by Crippen LogP contribution is -1.70. The average molecular weight is 161 g/mol. The van der Waals surface area contributed by atoms with Crippen molar-refractivity contribution in [2.75, 3.05) is 0 Å². The van der Waals surface area contributed by atoms with E-state index in [4.69, 9.17) is 17.3 Å². The van der Waals surface area contributed by atoms with Crippen molar-refractivity contribution >= 4 is 23.6 Å². The lowest BCUT2D eigenvalue weighted by molar-refractivity contribution is 0.451. The third kappa shape index (κ3) is 1.31. The monoisotopic (exact) mass is 161 g/mol. The van der Waals surface area contributed by atoms with Gasteiger partial charge in [-0.1, -0.05) is 6.92 Å². The molecular weight excluding hydrogens is 154 g/mol. The molecule has 0 bridgehead atoms. The Morgan fingerprint density at radius 1 is 1.78 bits per heavy atom. The lowest BCUT2D eigenvalue weighted by Gasteiger charge is -1.85. The van der Waals surface area contributed by atoms with E-state index >= 15 is 0 Å². The van der Waals surface area contributed by atoms with Gasteiger partial charge in [0.15, 0.2) is 3.95 Å². The van der Waals surface area contributed by atoms with Crippen molar-refractivity contribution in [3.05, 3.63) is 8.83 Å². The van der Waals surface area contributed by atoms with Crippen LogP contribution in [-0.2, 0) is 6.42 Å². The highest BCUT2D eigenvalue weighted by molar-refractivity contribution is 7.73. The van der Waals surface area contributed by atoms with Crippen molar-refractivity contribution in [2.24, 2.45) is 0 Å². The van der Waals surface area contributed by atoms with Crippen LogP contribution in [0.25, 0.3) is 0 Å². The molecule has 0 aromatic carbocycles. The molecule has 0 aliphatic carbocycles. The minimum atomic E-state index is 0.229. The van der Waals surface area contributed by atoms with E-state index in [0.29, 0.717) is 3.95 Å². The third-order valence-electron chi connectivity index (χ3n) is 1.02. The first kappa shape index (κ1) is 6.77. The van der Waals surface area contributed by atoms with Gasteiger partial charge in [-0.25, -0.2) is 0 Å². The van der Waals surface area contributed by atoms with E-state index in [1.54, 1.807) is 0 Å². The summed E-state index contributed by atoms with van der Waals surface area (Å²) in [5, 5.41) is 9.02. The Kier molecular flexibility index (Phi) is 1.87. The fourth-order valence-electron chi connectivity index (χ4n) is 0.592. The molecule has 4 heteroatoms. The minimum Gasteiger partial charge on any atom is -0.494 e.